The summed E-state index contributed by atoms with van der Waals surface area (Å²) in [6.07, 6.45) is 1.09. The molecule has 0 aliphatic carbocycles. The number of nitrogens with zero attached hydrogens (tertiary/aromatic N) is 2. The minimum atomic E-state index is -0.355. The molecule has 1 saturated heterocycles. The van der Waals surface area contributed by atoms with E-state index in [2.05, 4.69) is 18.7 Å². The van der Waals surface area contributed by atoms with Crippen LogP contribution in [0.5, 0.6) is 0 Å². The van der Waals surface area contributed by atoms with Gasteiger partial charge in [0.05, 0.1) is 0 Å². The first-order chi connectivity index (χ1) is 11.4. The number of benzene rings is 1. The number of hydrogen-bond acceptors (Lipinski definition) is 3. The summed E-state index contributed by atoms with van der Waals surface area (Å²) in [5.41, 5.74) is 1.06. The van der Waals surface area contributed by atoms with Gasteiger partial charge in [-0.05, 0) is 30.0 Å². The summed E-state index contributed by atoms with van der Waals surface area (Å²) < 4.78 is 13.1. The molecule has 1 heterocycles. The fourth-order valence-electron chi connectivity index (χ4n) is 3.23. The van der Waals surface area contributed by atoms with E-state index < -0.39 is 0 Å². The van der Waals surface area contributed by atoms with Crippen LogP contribution in [0.3, 0.4) is 0 Å². The molecule has 0 aromatic heterocycles. The molecule has 132 valence electrons. The number of ketones is 1. The summed E-state index contributed by atoms with van der Waals surface area (Å²) in [6.45, 7) is 8.78. The van der Waals surface area contributed by atoms with E-state index >= 15 is 0 Å². The summed E-state index contributed by atoms with van der Waals surface area (Å²) in [7, 11) is 0. The molecule has 0 radical (unpaired) electrons. The molecule has 1 atom stereocenters. The van der Waals surface area contributed by atoms with Crippen molar-refractivity contribution in [2.75, 3.05) is 19.6 Å². The zero-order valence-electron chi connectivity index (χ0n) is 14.8. The molecule has 1 aliphatic rings. The van der Waals surface area contributed by atoms with Crippen molar-refractivity contribution in [3.8, 4) is 0 Å². The number of carbonyl (C=O) groups excluding carboxylic acids is 2. The highest BCUT2D eigenvalue weighted by molar-refractivity contribution is 6.35. The van der Waals surface area contributed by atoms with Gasteiger partial charge in [0.15, 0.2) is 0 Å². The maximum absolute atomic E-state index is 13.1. The van der Waals surface area contributed by atoms with Crippen molar-refractivity contribution in [3.05, 3.63) is 35.6 Å². The second-order valence-corrected chi connectivity index (χ2v) is 6.79. The van der Waals surface area contributed by atoms with Crippen molar-refractivity contribution < 1.29 is 14.0 Å². The van der Waals surface area contributed by atoms with Crippen LogP contribution < -0.4 is 0 Å². The van der Waals surface area contributed by atoms with Crippen LogP contribution in [0.4, 0.5) is 4.39 Å². The SMILES string of the molecule is CCC(=O)C(=O)N1CCCN(Cc2ccc(F)cc2)[C@H](C(C)C)C1. The van der Waals surface area contributed by atoms with Crippen molar-refractivity contribution in [2.45, 2.75) is 46.2 Å². The van der Waals surface area contributed by atoms with Crippen molar-refractivity contribution in [3.63, 3.8) is 0 Å². The fourth-order valence-corrected chi connectivity index (χ4v) is 3.23. The van der Waals surface area contributed by atoms with Crippen LogP contribution in [0.2, 0.25) is 0 Å². The van der Waals surface area contributed by atoms with E-state index in [0.717, 1.165) is 25.1 Å². The quantitative estimate of drug-likeness (QED) is 0.778. The van der Waals surface area contributed by atoms with Gasteiger partial charge in [0.2, 0.25) is 5.78 Å². The topological polar surface area (TPSA) is 40.6 Å². The van der Waals surface area contributed by atoms with Crippen molar-refractivity contribution in [2.24, 2.45) is 5.92 Å². The molecule has 0 N–H and O–H groups in total. The molecule has 0 spiro atoms. The lowest BCUT2D eigenvalue weighted by atomic mass is 10.0. The molecule has 1 amide bonds. The molecule has 2 rings (SSSR count). The molecule has 0 saturated carbocycles. The van der Waals surface area contributed by atoms with Gasteiger partial charge in [0, 0.05) is 38.6 Å². The third kappa shape index (κ3) is 4.63. The van der Waals surface area contributed by atoms with Gasteiger partial charge in [-0.3, -0.25) is 14.5 Å². The van der Waals surface area contributed by atoms with E-state index in [4.69, 9.17) is 0 Å². The van der Waals surface area contributed by atoms with Gasteiger partial charge in [0.25, 0.3) is 5.91 Å². The molecule has 1 aromatic rings. The number of carbonyl (C=O) groups is 2. The van der Waals surface area contributed by atoms with Crippen LogP contribution in [0.1, 0.15) is 39.2 Å². The molecule has 4 nitrogen and oxygen atoms in total. The van der Waals surface area contributed by atoms with Gasteiger partial charge in [-0.25, -0.2) is 4.39 Å². The van der Waals surface area contributed by atoms with Crippen molar-refractivity contribution in [1.82, 2.24) is 9.80 Å². The molecule has 1 aliphatic heterocycles. The monoisotopic (exact) mass is 334 g/mol. The molecular formula is C19H27FN2O2. The first kappa shape index (κ1) is 18.6. The van der Waals surface area contributed by atoms with Crippen LogP contribution >= 0.6 is 0 Å². The highest BCUT2D eigenvalue weighted by Crippen LogP contribution is 2.20. The van der Waals surface area contributed by atoms with Gasteiger partial charge >= 0.3 is 0 Å². The first-order valence-corrected chi connectivity index (χ1v) is 8.73. The van der Waals surface area contributed by atoms with E-state index in [1.54, 1.807) is 24.0 Å². The number of rotatable bonds is 5. The summed E-state index contributed by atoms with van der Waals surface area (Å²) in [5, 5.41) is 0. The summed E-state index contributed by atoms with van der Waals surface area (Å²) in [6, 6.07) is 6.76. The van der Waals surface area contributed by atoms with Gasteiger partial charge in [-0.15, -0.1) is 0 Å². The predicted octanol–water partition coefficient (Wildman–Crippen LogP) is 2.86. The Bertz CT molecular complexity index is 571. The first-order valence-electron chi connectivity index (χ1n) is 8.73. The van der Waals surface area contributed by atoms with E-state index in [9.17, 15) is 14.0 Å². The summed E-state index contributed by atoms with van der Waals surface area (Å²) in [4.78, 5) is 28.1. The smallest absolute Gasteiger partial charge is 0.289 e. The average molecular weight is 334 g/mol. The zero-order valence-corrected chi connectivity index (χ0v) is 14.8. The molecule has 0 bridgehead atoms. The van der Waals surface area contributed by atoms with Gasteiger partial charge < -0.3 is 4.90 Å². The Morgan fingerprint density at radius 2 is 1.88 bits per heavy atom. The summed E-state index contributed by atoms with van der Waals surface area (Å²) in [5.74, 6) is -0.545. The minimum absolute atomic E-state index is 0.186. The van der Waals surface area contributed by atoms with Crippen LogP contribution in [0.25, 0.3) is 0 Å². The standard InChI is InChI=1S/C19H27FN2O2/c1-4-18(23)19(24)22-11-5-10-21(17(13-22)14(2)3)12-15-6-8-16(20)9-7-15/h6-9,14,17H,4-5,10-13H2,1-3H3/t17-/m0/s1. The Hall–Kier alpha value is -1.75. The van der Waals surface area contributed by atoms with E-state index in [1.165, 1.54) is 12.1 Å². The third-order valence-electron chi connectivity index (χ3n) is 4.67. The number of Topliss-reactive ketones (excluding diaryl/α,β-unsaturated/α-hetero) is 1. The Morgan fingerprint density at radius 3 is 2.46 bits per heavy atom. The molecule has 0 unspecified atom stereocenters. The third-order valence-corrected chi connectivity index (χ3v) is 4.67. The maximum Gasteiger partial charge on any atom is 0.289 e. The Balaban J connectivity index is 2.12. The normalized spacial score (nSPS) is 19.4. The Kier molecular flexibility index (Phi) is 6.49. The van der Waals surface area contributed by atoms with Crippen LogP contribution in [0, 0.1) is 11.7 Å². The zero-order chi connectivity index (χ0) is 17.7. The molecule has 1 aromatic carbocycles. The summed E-state index contributed by atoms with van der Waals surface area (Å²) >= 11 is 0. The Morgan fingerprint density at radius 1 is 1.21 bits per heavy atom. The van der Waals surface area contributed by atoms with Gasteiger partial charge in [0.1, 0.15) is 5.82 Å². The van der Waals surface area contributed by atoms with Gasteiger partial charge in [-0.2, -0.15) is 0 Å². The lowest BCUT2D eigenvalue weighted by molar-refractivity contribution is -0.144. The number of hydrogen-bond donors (Lipinski definition) is 0. The molecular weight excluding hydrogens is 307 g/mol. The highest BCUT2D eigenvalue weighted by atomic mass is 19.1. The van der Waals surface area contributed by atoms with Crippen LogP contribution in [-0.2, 0) is 16.1 Å². The van der Waals surface area contributed by atoms with E-state index in [-0.39, 0.29) is 30.0 Å². The predicted molar refractivity (Wildman–Crippen MR) is 91.9 cm³/mol. The Labute approximate surface area is 143 Å². The fraction of sp³-hybridized carbons (Fsp3) is 0.579. The van der Waals surface area contributed by atoms with E-state index in [0.29, 0.717) is 19.0 Å². The maximum atomic E-state index is 13.1. The second-order valence-electron chi connectivity index (χ2n) is 6.79. The average Bonchev–Trinajstić information content (AvgIpc) is 2.78. The number of halogens is 1. The lowest BCUT2D eigenvalue weighted by Gasteiger charge is -2.34. The van der Waals surface area contributed by atoms with Crippen LogP contribution in [-0.4, -0.2) is 47.2 Å². The highest BCUT2D eigenvalue weighted by Gasteiger charge is 2.31. The van der Waals surface area contributed by atoms with Gasteiger partial charge in [-0.1, -0.05) is 32.9 Å². The van der Waals surface area contributed by atoms with Crippen molar-refractivity contribution in [1.29, 1.82) is 0 Å². The molecule has 1 fully saturated rings. The lowest BCUT2D eigenvalue weighted by Crippen LogP contribution is -2.47. The largest absolute Gasteiger partial charge is 0.334 e. The van der Waals surface area contributed by atoms with E-state index in [1.807, 2.05) is 0 Å². The number of amides is 1. The minimum Gasteiger partial charge on any atom is -0.334 e. The molecule has 24 heavy (non-hydrogen) atoms. The van der Waals surface area contributed by atoms with Crippen molar-refractivity contribution >= 4 is 11.7 Å². The van der Waals surface area contributed by atoms with Crippen LogP contribution in [0.15, 0.2) is 24.3 Å². The molecule has 5 heteroatoms. The second kappa shape index (κ2) is 8.38.